The molecule has 0 radical (unpaired) electrons. The molecule has 218 valence electrons. The fourth-order valence-corrected chi connectivity index (χ4v) is 4.79. The van der Waals surface area contributed by atoms with Gasteiger partial charge in [0.25, 0.3) is 0 Å². The Morgan fingerprint density at radius 3 is 1.67 bits per heavy atom. The number of methoxy groups -OCH3 is 1. The highest BCUT2D eigenvalue weighted by Gasteiger charge is 2.31. The molecule has 0 aromatic rings. The van der Waals surface area contributed by atoms with Gasteiger partial charge in [-0.25, -0.2) is 4.57 Å². The summed E-state index contributed by atoms with van der Waals surface area (Å²) in [5.74, 6) is 0. The zero-order valence-electron chi connectivity index (χ0n) is 24.2. The molecule has 9 heteroatoms. The van der Waals surface area contributed by atoms with Crippen LogP contribution < -0.4 is 5.32 Å². The van der Waals surface area contributed by atoms with E-state index in [0.29, 0.717) is 17.6 Å². The van der Waals surface area contributed by atoms with Crippen molar-refractivity contribution in [3.05, 3.63) is 0 Å². The standard InChI is InChI=1S/C27H59N2O6P/c1-6-7-8-9-10-11-12-13-14-15-16-17-18-19-20-21-22-28-25-26(33-5)27(30)35-36(31,32)34-24-23-29(2,3)4/h26-28,30H,6-25H2,1-5H3/p+1. The average Bonchev–Trinajstić information content (AvgIpc) is 2.79. The summed E-state index contributed by atoms with van der Waals surface area (Å²) in [5, 5.41) is 13.4. The molecule has 0 aliphatic rings. The Morgan fingerprint density at radius 1 is 0.806 bits per heavy atom. The van der Waals surface area contributed by atoms with Crippen molar-refractivity contribution in [2.24, 2.45) is 0 Å². The van der Waals surface area contributed by atoms with Gasteiger partial charge >= 0.3 is 7.82 Å². The van der Waals surface area contributed by atoms with Crippen molar-refractivity contribution in [1.29, 1.82) is 0 Å². The van der Waals surface area contributed by atoms with Crippen molar-refractivity contribution < 1.29 is 32.8 Å². The van der Waals surface area contributed by atoms with Crippen LogP contribution in [0.25, 0.3) is 0 Å². The van der Waals surface area contributed by atoms with Gasteiger partial charge in [-0.2, -0.15) is 0 Å². The summed E-state index contributed by atoms with van der Waals surface area (Å²) in [6, 6.07) is 0. The number of hydrogen-bond donors (Lipinski definition) is 3. The van der Waals surface area contributed by atoms with Crippen LogP contribution in [0.15, 0.2) is 0 Å². The van der Waals surface area contributed by atoms with E-state index in [1.807, 2.05) is 21.1 Å². The van der Waals surface area contributed by atoms with Gasteiger partial charge < -0.3 is 24.5 Å². The van der Waals surface area contributed by atoms with Crippen molar-refractivity contribution in [2.45, 2.75) is 122 Å². The lowest BCUT2D eigenvalue weighted by molar-refractivity contribution is -0.870. The predicted molar refractivity (Wildman–Crippen MR) is 149 cm³/mol. The summed E-state index contributed by atoms with van der Waals surface area (Å²) in [6.07, 6.45) is 19.2. The third-order valence-electron chi connectivity index (χ3n) is 6.43. The molecule has 3 N–H and O–H groups in total. The van der Waals surface area contributed by atoms with Crippen LogP contribution in [0.5, 0.6) is 0 Å². The van der Waals surface area contributed by atoms with Crippen LogP contribution in [0.3, 0.4) is 0 Å². The summed E-state index contributed by atoms with van der Waals surface area (Å²) in [6.45, 7) is 4.00. The van der Waals surface area contributed by atoms with Crippen molar-refractivity contribution in [1.82, 2.24) is 5.32 Å². The van der Waals surface area contributed by atoms with Gasteiger partial charge in [0.2, 0.25) is 0 Å². The molecule has 0 aliphatic carbocycles. The highest BCUT2D eigenvalue weighted by atomic mass is 31.2. The Kier molecular flexibility index (Phi) is 22.9. The van der Waals surface area contributed by atoms with Gasteiger partial charge in [-0.3, -0.25) is 9.05 Å². The normalized spacial score (nSPS) is 15.6. The SMILES string of the molecule is CCCCCCCCCCCCCCCCCCNCC(OC)C(O)OP(=O)(O)OCC[N+](C)(C)C. The van der Waals surface area contributed by atoms with Crippen molar-refractivity contribution in [3.63, 3.8) is 0 Å². The molecule has 0 fully saturated rings. The monoisotopic (exact) mass is 539 g/mol. The number of likely N-dealkylation sites (N-methyl/N-ethyl adjacent to an activating group) is 1. The lowest BCUT2D eigenvalue weighted by Crippen LogP contribution is -2.39. The van der Waals surface area contributed by atoms with E-state index in [9.17, 15) is 14.6 Å². The van der Waals surface area contributed by atoms with E-state index in [4.69, 9.17) is 13.8 Å². The van der Waals surface area contributed by atoms with Gasteiger partial charge in [-0.1, -0.05) is 103 Å². The Bertz CT molecular complexity index is 533. The maximum Gasteiger partial charge on any atom is 0.474 e. The lowest BCUT2D eigenvalue weighted by atomic mass is 10.0. The van der Waals surface area contributed by atoms with E-state index in [-0.39, 0.29) is 6.61 Å². The Labute approximate surface area is 222 Å². The summed E-state index contributed by atoms with van der Waals surface area (Å²) in [4.78, 5) is 9.82. The van der Waals surface area contributed by atoms with Gasteiger partial charge in [0.05, 0.1) is 21.1 Å². The fourth-order valence-electron chi connectivity index (χ4n) is 4.01. The third kappa shape index (κ3) is 24.3. The lowest BCUT2D eigenvalue weighted by Gasteiger charge is -2.26. The van der Waals surface area contributed by atoms with Gasteiger partial charge in [0.15, 0.2) is 6.29 Å². The topological polar surface area (TPSA) is 97.2 Å². The quantitative estimate of drug-likeness (QED) is 0.0509. The maximum absolute atomic E-state index is 12.0. The molecule has 0 heterocycles. The van der Waals surface area contributed by atoms with E-state index in [1.165, 1.54) is 103 Å². The minimum absolute atomic E-state index is 0.0547. The van der Waals surface area contributed by atoms with Crippen LogP contribution in [0, 0.1) is 0 Å². The molecular formula is C27H60N2O6P+. The molecule has 36 heavy (non-hydrogen) atoms. The molecule has 0 amide bonds. The number of ether oxygens (including phenoxy) is 1. The molecular weight excluding hydrogens is 479 g/mol. The smallest absolute Gasteiger partial charge is 0.375 e. The van der Waals surface area contributed by atoms with Gasteiger partial charge in [-0.05, 0) is 13.0 Å². The molecule has 0 saturated carbocycles. The molecule has 0 bridgehead atoms. The molecule has 0 spiro atoms. The average molecular weight is 540 g/mol. The molecule has 3 atom stereocenters. The first kappa shape index (κ1) is 35.9. The third-order valence-corrected chi connectivity index (χ3v) is 7.42. The fraction of sp³-hybridized carbons (Fsp3) is 1.00. The predicted octanol–water partition coefficient (Wildman–Crippen LogP) is 6.01. The number of unbranched alkanes of at least 4 members (excludes halogenated alkanes) is 15. The van der Waals surface area contributed by atoms with E-state index in [2.05, 4.69) is 12.2 Å². The Balaban J connectivity index is 3.62. The number of phosphoric acid groups is 1. The number of rotatable bonds is 27. The number of nitrogens with one attached hydrogen (secondary N) is 1. The zero-order valence-corrected chi connectivity index (χ0v) is 25.1. The molecule has 0 saturated heterocycles. The van der Waals surface area contributed by atoms with Crippen LogP contribution in [0.1, 0.15) is 110 Å². The van der Waals surface area contributed by atoms with Crippen molar-refractivity contribution in [3.8, 4) is 0 Å². The molecule has 0 aliphatic heterocycles. The van der Waals surface area contributed by atoms with E-state index in [1.54, 1.807) is 0 Å². The first-order valence-corrected chi connectivity index (χ1v) is 16.0. The van der Waals surface area contributed by atoms with Crippen molar-refractivity contribution >= 4 is 7.82 Å². The molecule has 0 aromatic heterocycles. The second kappa shape index (κ2) is 22.9. The Morgan fingerprint density at radius 2 is 1.25 bits per heavy atom. The second-order valence-electron chi connectivity index (χ2n) is 11.1. The summed E-state index contributed by atoms with van der Waals surface area (Å²) in [5.41, 5.74) is 0. The van der Waals surface area contributed by atoms with E-state index in [0.717, 1.165) is 13.0 Å². The second-order valence-corrected chi connectivity index (χ2v) is 12.5. The van der Waals surface area contributed by atoms with Crippen LogP contribution in [-0.2, 0) is 18.3 Å². The number of nitrogens with zero attached hydrogens (tertiary/aromatic N) is 1. The number of quaternary nitrogens is 1. The number of aliphatic hydroxyl groups is 1. The molecule has 8 nitrogen and oxygen atoms in total. The van der Waals surface area contributed by atoms with Gasteiger partial charge in [0.1, 0.15) is 19.3 Å². The largest absolute Gasteiger partial charge is 0.474 e. The van der Waals surface area contributed by atoms with Gasteiger partial charge in [-0.15, -0.1) is 0 Å². The molecule has 0 rings (SSSR count). The minimum Gasteiger partial charge on any atom is -0.375 e. The first-order chi connectivity index (χ1) is 17.1. The van der Waals surface area contributed by atoms with Crippen LogP contribution in [-0.4, -0.2) is 81.4 Å². The van der Waals surface area contributed by atoms with Crippen molar-refractivity contribution in [2.75, 3.05) is 54.5 Å². The Hall–Kier alpha value is -0.0500. The van der Waals surface area contributed by atoms with Crippen LogP contribution >= 0.6 is 7.82 Å². The minimum atomic E-state index is -4.35. The maximum atomic E-state index is 12.0. The number of phosphoric ester groups is 1. The van der Waals surface area contributed by atoms with Crippen LogP contribution in [0.4, 0.5) is 0 Å². The van der Waals surface area contributed by atoms with E-state index < -0.39 is 20.2 Å². The number of hydrogen-bond acceptors (Lipinski definition) is 6. The highest BCUT2D eigenvalue weighted by molar-refractivity contribution is 7.47. The zero-order chi connectivity index (χ0) is 27.1. The first-order valence-electron chi connectivity index (χ1n) is 14.5. The summed E-state index contributed by atoms with van der Waals surface area (Å²) >= 11 is 0. The number of aliphatic hydroxyl groups excluding tert-OH is 1. The highest BCUT2D eigenvalue weighted by Crippen LogP contribution is 2.44. The van der Waals surface area contributed by atoms with Crippen LogP contribution in [0.2, 0.25) is 0 Å². The van der Waals surface area contributed by atoms with Gasteiger partial charge in [0, 0.05) is 13.7 Å². The summed E-state index contributed by atoms with van der Waals surface area (Å²) in [7, 11) is 2.95. The molecule has 0 aromatic carbocycles. The summed E-state index contributed by atoms with van der Waals surface area (Å²) < 4.78 is 27.7. The molecule has 3 unspecified atom stereocenters. The van der Waals surface area contributed by atoms with E-state index >= 15 is 0 Å².